The van der Waals surface area contributed by atoms with E-state index in [1.165, 1.54) is 0 Å². The Morgan fingerprint density at radius 3 is 1.05 bits per heavy atom. The molecule has 0 bridgehead atoms. The standard InChI is InChI=1S/C26H14F26O4/c27-15(28,17(31,32)19(35,36)21(39,40)23(43,44)25(47,48)49)6-8-55-13(53)10-12(11-4-2-1-3-5-11)14(54)56-9-7-16(29,30)18(33,34)20(37,38)22(41,42)24(45,46)26(50,51)52/h1-5,10H,6-9H2/b12-10-. The summed E-state index contributed by atoms with van der Waals surface area (Å²) in [6.45, 7) is -4.81. The van der Waals surface area contributed by atoms with Crippen LogP contribution in [0.4, 0.5) is 114 Å². The van der Waals surface area contributed by atoms with E-state index in [1.807, 2.05) is 0 Å². The fourth-order valence-electron chi connectivity index (χ4n) is 3.58. The second kappa shape index (κ2) is 15.1. The molecule has 0 aromatic heterocycles. The van der Waals surface area contributed by atoms with Crippen molar-refractivity contribution in [3.05, 3.63) is 42.0 Å². The van der Waals surface area contributed by atoms with E-state index >= 15 is 0 Å². The predicted molar refractivity (Wildman–Crippen MR) is 127 cm³/mol. The maximum absolute atomic E-state index is 14.0. The number of rotatable bonds is 17. The zero-order chi connectivity index (χ0) is 44.8. The van der Waals surface area contributed by atoms with Crippen molar-refractivity contribution in [1.82, 2.24) is 0 Å². The Bertz CT molecular complexity index is 1570. The van der Waals surface area contributed by atoms with E-state index in [2.05, 4.69) is 9.47 Å². The SMILES string of the molecule is O=C(/C=C(\C(=O)OCCC(F)(F)C(F)(F)C(F)(F)C(F)(F)C(F)(F)C(F)(F)F)c1ccccc1)OCCC(F)(F)C(F)(F)C(F)(F)C(F)(F)C(F)(F)C(F)(F)F. The summed E-state index contributed by atoms with van der Waals surface area (Å²) in [4.78, 5) is 24.4. The molecule has 0 spiro atoms. The van der Waals surface area contributed by atoms with Gasteiger partial charge in [-0.15, -0.1) is 0 Å². The molecule has 1 aromatic carbocycles. The van der Waals surface area contributed by atoms with Crippen LogP contribution in [-0.2, 0) is 19.1 Å². The monoisotopic (exact) mass is 884 g/mol. The topological polar surface area (TPSA) is 52.6 Å². The molecule has 0 fully saturated rings. The molecule has 0 N–H and O–H groups in total. The van der Waals surface area contributed by atoms with Crippen LogP contribution in [0.1, 0.15) is 18.4 Å². The fourth-order valence-corrected chi connectivity index (χ4v) is 3.58. The van der Waals surface area contributed by atoms with Gasteiger partial charge in [-0.3, -0.25) is 0 Å². The van der Waals surface area contributed by atoms with E-state index in [9.17, 15) is 124 Å². The van der Waals surface area contributed by atoms with Crippen molar-refractivity contribution in [2.75, 3.05) is 13.2 Å². The van der Waals surface area contributed by atoms with Crippen molar-refractivity contribution in [1.29, 1.82) is 0 Å². The van der Waals surface area contributed by atoms with Crippen LogP contribution in [0, 0.1) is 0 Å². The molecule has 4 nitrogen and oxygen atoms in total. The van der Waals surface area contributed by atoms with Crippen LogP contribution >= 0.6 is 0 Å². The number of benzene rings is 1. The minimum Gasteiger partial charge on any atom is -0.462 e. The lowest BCUT2D eigenvalue weighted by atomic mass is 9.93. The highest BCUT2D eigenvalue weighted by Gasteiger charge is 2.92. The maximum atomic E-state index is 14.0. The lowest BCUT2D eigenvalue weighted by Crippen LogP contribution is -2.70. The molecule has 0 atom stereocenters. The van der Waals surface area contributed by atoms with Gasteiger partial charge in [0, 0.05) is 6.08 Å². The molecule has 0 unspecified atom stereocenters. The minimum absolute atomic E-state index is 0.346. The van der Waals surface area contributed by atoms with Crippen LogP contribution in [0.15, 0.2) is 36.4 Å². The molecule has 0 radical (unpaired) electrons. The van der Waals surface area contributed by atoms with Gasteiger partial charge in [-0.2, -0.15) is 114 Å². The lowest BCUT2D eigenvalue weighted by Gasteiger charge is -2.39. The number of halogens is 26. The quantitative estimate of drug-likeness (QED) is 0.0889. The van der Waals surface area contributed by atoms with Crippen molar-refractivity contribution in [3.63, 3.8) is 0 Å². The molecule has 0 saturated heterocycles. The highest BCUT2D eigenvalue weighted by atomic mass is 19.4. The van der Waals surface area contributed by atoms with Crippen LogP contribution in [0.25, 0.3) is 5.57 Å². The second-order valence-electron chi connectivity index (χ2n) is 10.7. The summed E-state index contributed by atoms with van der Waals surface area (Å²) in [6.07, 6.45) is -22.0. The summed E-state index contributed by atoms with van der Waals surface area (Å²) in [7, 11) is 0. The number of hydrogen-bond acceptors (Lipinski definition) is 4. The first-order valence-corrected chi connectivity index (χ1v) is 13.5. The molecule has 0 aliphatic carbocycles. The number of esters is 2. The van der Waals surface area contributed by atoms with E-state index in [-0.39, 0.29) is 6.08 Å². The summed E-state index contributed by atoms with van der Waals surface area (Å²) < 4.78 is 352. The van der Waals surface area contributed by atoms with E-state index in [4.69, 9.17) is 0 Å². The van der Waals surface area contributed by atoms with Gasteiger partial charge in [0.15, 0.2) is 0 Å². The van der Waals surface area contributed by atoms with Crippen LogP contribution in [0.2, 0.25) is 0 Å². The molecule has 1 rings (SSSR count). The fraction of sp³-hybridized carbons (Fsp3) is 0.615. The number of hydrogen-bond donors (Lipinski definition) is 0. The predicted octanol–water partition coefficient (Wildman–Crippen LogP) is 10.4. The smallest absolute Gasteiger partial charge is 0.460 e. The minimum atomic E-state index is -8.28. The summed E-state index contributed by atoms with van der Waals surface area (Å²) in [6, 6.07) is 4.32. The zero-order valence-corrected chi connectivity index (χ0v) is 25.8. The van der Waals surface area contributed by atoms with Gasteiger partial charge in [0.1, 0.15) is 0 Å². The van der Waals surface area contributed by atoms with Crippen molar-refractivity contribution >= 4 is 17.5 Å². The average molecular weight is 884 g/mol. The molecule has 0 saturated carbocycles. The normalized spacial score (nSPS) is 15.5. The molecule has 1 aromatic rings. The Hall–Kier alpha value is -3.92. The van der Waals surface area contributed by atoms with E-state index in [0.717, 1.165) is 18.2 Å². The Morgan fingerprint density at radius 1 is 0.429 bits per heavy atom. The summed E-state index contributed by atoms with van der Waals surface area (Å²) in [5.41, 5.74) is -2.18. The lowest BCUT2D eigenvalue weighted by molar-refractivity contribution is -0.440. The first-order valence-electron chi connectivity index (χ1n) is 13.5. The van der Waals surface area contributed by atoms with Gasteiger partial charge in [0.25, 0.3) is 0 Å². The highest BCUT2D eigenvalue weighted by molar-refractivity contribution is 6.20. The third kappa shape index (κ3) is 8.37. The number of alkyl halides is 26. The third-order valence-corrected chi connectivity index (χ3v) is 6.87. The zero-order valence-electron chi connectivity index (χ0n) is 25.8. The molecule has 0 amide bonds. The van der Waals surface area contributed by atoms with E-state index < -0.39 is 121 Å². The van der Waals surface area contributed by atoms with Crippen molar-refractivity contribution in [3.8, 4) is 0 Å². The Morgan fingerprint density at radius 2 is 0.732 bits per heavy atom. The van der Waals surface area contributed by atoms with Gasteiger partial charge in [0.2, 0.25) is 0 Å². The van der Waals surface area contributed by atoms with E-state index in [0.29, 0.717) is 12.1 Å². The van der Waals surface area contributed by atoms with Gasteiger partial charge in [-0.05, 0) is 5.56 Å². The highest BCUT2D eigenvalue weighted by Crippen LogP contribution is 2.62. The summed E-state index contributed by atoms with van der Waals surface area (Å²) in [5, 5.41) is 0. The van der Waals surface area contributed by atoms with Crippen molar-refractivity contribution < 1.29 is 133 Å². The summed E-state index contributed by atoms with van der Waals surface area (Å²) in [5.74, 6) is -82.9. The Labute approximate surface area is 291 Å². The van der Waals surface area contributed by atoms with Crippen molar-refractivity contribution in [2.45, 2.75) is 84.4 Å². The molecule has 0 heterocycles. The molecular weight excluding hydrogens is 870 g/mol. The van der Waals surface area contributed by atoms with Crippen LogP contribution in [0.3, 0.4) is 0 Å². The van der Waals surface area contributed by atoms with Crippen LogP contribution in [-0.4, -0.2) is 96.7 Å². The molecular formula is C26H14F26O4. The molecule has 56 heavy (non-hydrogen) atoms. The largest absolute Gasteiger partial charge is 0.462 e. The average Bonchev–Trinajstić information content (AvgIpc) is 3.01. The van der Waals surface area contributed by atoms with Gasteiger partial charge < -0.3 is 9.47 Å². The van der Waals surface area contributed by atoms with Gasteiger partial charge in [0.05, 0.1) is 31.6 Å². The summed E-state index contributed by atoms with van der Waals surface area (Å²) >= 11 is 0. The Kier molecular flexibility index (Phi) is 13.5. The van der Waals surface area contributed by atoms with Crippen LogP contribution in [0.5, 0.6) is 0 Å². The molecule has 0 aliphatic heterocycles. The van der Waals surface area contributed by atoms with Gasteiger partial charge in [-0.1, -0.05) is 30.3 Å². The van der Waals surface area contributed by atoms with Crippen molar-refractivity contribution in [2.24, 2.45) is 0 Å². The first kappa shape index (κ1) is 50.1. The number of ether oxygens (including phenoxy) is 2. The van der Waals surface area contributed by atoms with Gasteiger partial charge in [-0.25, -0.2) is 9.59 Å². The third-order valence-electron chi connectivity index (χ3n) is 6.87. The Balaban J connectivity index is 3.28. The molecule has 324 valence electrons. The van der Waals surface area contributed by atoms with Crippen LogP contribution < -0.4 is 0 Å². The second-order valence-corrected chi connectivity index (χ2v) is 10.7. The molecule has 30 heteroatoms. The number of carbonyl (C=O) groups excluding carboxylic acids is 2. The van der Waals surface area contributed by atoms with Gasteiger partial charge >= 0.3 is 83.5 Å². The van der Waals surface area contributed by atoms with E-state index in [1.54, 1.807) is 0 Å². The maximum Gasteiger partial charge on any atom is 0.460 e. The first-order chi connectivity index (χ1) is 24.5. The molecule has 0 aliphatic rings. The number of carbonyl (C=O) groups is 2.